The third-order valence-electron chi connectivity index (χ3n) is 16.6. The molecule has 3 rings (SSSR count). The van der Waals surface area contributed by atoms with Gasteiger partial charge in [-0.25, -0.2) is 0 Å². The molecule has 15 atom stereocenters. The Balaban J connectivity index is 1.29. The second-order valence-electron chi connectivity index (χ2n) is 24.7. The van der Waals surface area contributed by atoms with E-state index >= 15 is 0 Å². The zero-order valence-corrected chi connectivity index (χ0v) is 53.5. The number of aliphatic hydroxyl groups excluding tert-OH is 9. The van der Waals surface area contributed by atoms with Crippen LogP contribution in [0, 0.1) is 23.2 Å². The fraction of sp³-hybridized carbons (Fsp3) is 0.905. The Hall–Kier alpha value is -3.10. The largest absolute Gasteiger partial charge is 0.394 e. The minimum Gasteiger partial charge on any atom is -0.394 e. The lowest BCUT2D eigenvalue weighted by molar-refractivity contribution is -0.282. The molecule has 0 radical (unpaired) electrons. The van der Waals surface area contributed by atoms with Gasteiger partial charge in [-0.2, -0.15) is 0 Å². The number of Topliss-reactive ketones (excluding diaryl/α,β-unsaturated/α-hetero) is 4. The minimum atomic E-state index is -1.21. The Morgan fingerprint density at radius 3 is 0.966 bits per heavy atom. The second kappa shape index (κ2) is 46.1. The molecule has 3 heterocycles. The van der Waals surface area contributed by atoms with Crippen LogP contribution in [-0.4, -0.2) is 247 Å². The number of ether oxygens (including phenoxy) is 9. The predicted octanol–water partition coefficient (Wildman–Crippen LogP) is 1.80. The summed E-state index contributed by atoms with van der Waals surface area (Å²) >= 11 is 0. The number of rotatable bonds is 52. The number of unbranched alkanes of at least 4 members (excludes halogenated alkanes) is 7. The Kier molecular flexibility index (Phi) is 41.5. The third kappa shape index (κ3) is 32.1. The summed E-state index contributed by atoms with van der Waals surface area (Å²) < 4.78 is 51.8. The number of amides is 2. The van der Waals surface area contributed by atoms with Crippen molar-refractivity contribution in [2.45, 2.75) is 249 Å². The first-order valence-corrected chi connectivity index (χ1v) is 32.7. The maximum absolute atomic E-state index is 12.8. The van der Waals surface area contributed by atoms with Crippen LogP contribution in [0.5, 0.6) is 0 Å². The van der Waals surface area contributed by atoms with Crippen LogP contribution in [0.2, 0.25) is 0 Å². The Bertz CT molecular complexity index is 1750. The topological polar surface area (TPSA) is 392 Å². The summed E-state index contributed by atoms with van der Waals surface area (Å²) in [5, 5.41) is 94.6. The second-order valence-corrected chi connectivity index (χ2v) is 24.7. The van der Waals surface area contributed by atoms with E-state index in [4.69, 9.17) is 42.6 Å². The summed E-state index contributed by atoms with van der Waals surface area (Å²) in [6, 6.07) is 0. The summed E-state index contributed by atoms with van der Waals surface area (Å²) in [4.78, 5) is 75.5. The highest BCUT2D eigenvalue weighted by Gasteiger charge is 2.44. The molecule has 26 nitrogen and oxygen atoms in total. The fourth-order valence-electron chi connectivity index (χ4n) is 10.5. The van der Waals surface area contributed by atoms with Gasteiger partial charge in [0.25, 0.3) is 0 Å². The van der Waals surface area contributed by atoms with Gasteiger partial charge in [-0.05, 0) is 70.6 Å². The molecule has 26 heteroatoms. The van der Waals surface area contributed by atoms with E-state index in [1.54, 1.807) is 20.8 Å². The minimum absolute atomic E-state index is 0.0406. The van der Waals surface area contributed by atoms with Crippen LogP contribution in [0.4, 0.5) is 0 Å². The van der Waals surface area contributed by atoms with E-state index < -0.39 is 117 Å². The molecule has 0 aromatic carbocycles. The molecule has 2 amide bonds. The monoisotopic (exact) mass is 1280 g/mol. The molecule has 3 saturated heterocycles. The Morgan fingerprint density at radius 1 is 0.360 bits per heavy atom. The third-order valence-corrected chi connectivity index (χ3v) is 16.6. The number of ketones is 4. The van der Waals surface area contributed by atoms with E-state index in [1.807, 2.05) is 6.92 Å². The van der Waals surface area contributed by atoms with Crippen molar-refractivity contribution in [3.63, 3.8) is 0 Å². The molecule has 3 aliphatic heterocycles. The van der Waals surface area contributed by atoms with Gasteiger partial charge in [0.05, 0.1) is 77.8 Å². The molecular weight excluding hydrogens is 1170 g/mol. The molecule has 0 spiro atoms. The molecule has 89 heavy (non-hydrogen) atoms. The number of carbonyl (C=O) groups is 6. The van der Waals surface area contributed by atoms with Crippen molar-refractivity contribution in [2.24, 2.45) is 23.2 Å². The summed E-state index contributed by atoms with van der Waals surface area (Å²) in [6.45, 7) is 8.21. The lowest BCUT2D eigenvalue weighted by Gasteiger charge is -2.40. The zero-order chi connectivity index (χ0) is 65.6. The number of nitrogens with one attached hydrogen (secondary N) is 2. The Labute approximate surface area is 526 Å². The smallest absolute Gasteiger partial charge is 0.222 e. The van der Waals surface area contributed by atoms with E-state index in [0.717, 1.165) is 12.8 Å². The van der Waals surface area contributed by atoms with Gasteiger partial charge in [0.15, 0.2) is 18.9 Å². The fourth-order valence-corrected chi connectivity index (χ4v) is 10.5. The summed E-state index contributed by atoms with van der Waals surface area (Å²) in [5.41, 5.74) is -0.686. The number of hydrogen-bond donors (Lipinski definition) is 11. The van der Waals surface area contributed by atoms with E-state index in [1.165, 1.54) is 0 Å². The maximum atomic E-state index is 12.8. The molecule has 3 aliphatic rings. The summed E-state index contributed by atoms with van der Waals surface area (Å²) in [6.07, 6.45) is -0.721. The average molecular weight is 1280 g/mol. The maximum Gasteiger partial charge on any atom is 0.222 e. The first-order chi connectivity index (χ1) is 42.6. The molecule has 15 unspecified atom stereocenters. The molecule has 0 aromatic heterocycles. The Morgan fingerprint density at radius 2 is 0.640 bits per heavy atom. The van der Waals surface area contributed by atoms with Crippen LogP contribution in [0.25, 0.3) is 0 Å². The lowest BCUT2D eigenvalue weighted by atomic mass is 9.92. The molecule has 0 saturated carbocycles. The average Bonchev–Trinajstić information content (AvgIpc) is 3.38. The number of hydrogen-bond acceptors (Lipinski definition) is 24. The van der Waals surface area contributed by atoms with Crippen LogP contribution in [0.1, 0.15) is 175 Å². The van der Waals surface area contributed by atoms with Crippen LogP contribution in [0.3, 0.4) is 0 Å². The van der Waals surface area contributed by atoms with Gasteiger partial charge in [-0.1, -0.05) is 40.5 Å². The van der Waals surface area contributed by atoms with Gasteiger partial charge in [0.2, 0.25) is 11.8 Å². The van der Waals surface area contributed by atoms with Gasteiger partial charge >= 0.3 is 0 Å². The van der Waals surface area contributed by atoms with Gasteiger partial charge < -0.3 is 99.2 Å². The molecule has 0 aliphatic carbocycles. The van der Waals surface area contributed by atoms with Crippen molar-refractivity contribution >= 4 is 34.9 Å². The highest BCUT2D eigenvalue weighted by atomic mass is 16.7. The van der Waals surface area contributed by atoms with E-state index in [9.17, 15) is 74.7 Å². The van der Waals surface area contributed by atoms with Gasteiger partial charge in [-0.15, -0.1) is 0 Å². The predicted molar refractivity (Wildman–Crippen MR) is 321 cm³/mol. The molecule has 0 bridgehead atoms. The van der Waals surface area contributed by atoms with Crippen LogP contribution >= 0.6 is 0 Å². The summed E-state index contributed by atoms with van der Waals surface area (Å²) in [7, 11) is 0. The SMILES string of the molecule is CC1C(OCCCCC(=O)CCCCCC(=O)CCOCC(C)(COCCC(=O)CCCCCC(=O)CCCCOC2OC(CO)C(O)C(O)C2C)COCCC(=O)NCCCNC(=O)CCCCOC2OC(CO)C(O)C(O)C2C)OC(CO)C(O)C1O. The van der Waals surface area contributed by atoms with Crippen molar-refractivity contribution in [3.05, 3.63) is 0 Å². The lowest BCUT2D eigenvalue weighted by Crippen LogP contribution is -2.55. The van der Waals surface area contributed by atoms with Crippen molar-refractivity contribution in [2.75, 3.05) is 92.4 Å². The van der Waals surface area contributed by atoms with Crippen molar-refractivity contribution in [1.29, 1.82) is 0 Å². The summed E-state index contributed by atoms with van der Waals surface area (Å²) in [5.74, 6) is -1.49. The molecule has 0 aromatic rings. The quantitative estimate of drug-likeness (QED) is 0.0387. The number of carbonyl (C=O) groups excluding carboxylic acids is 6. The van der Waals surface area contributed by atoms with E-state index in [0.29, 0.717) is 135 Å². The highest BCUT2D eigenvalue weighted by Crippen LogP contribution is 2.30. The van der Waals surface area contributed by atoms with Gasteiger partial charge in [0, 0.05) is 120 Å². The van der Waals surface area contributed by atoms with Gasteiger partial charge in [0.1, 0.15) is 59.8 Å². The highest BCUT2D eigenvalue weighted by molar-refractivity contribution is 5.80. The van der Waals surface area contributed by atoms with Crippen molar-refractivity contribution < 1.29 is 117 Å². The standard InChI is InChI=1S/C63H112N2O24/c1-42-54(75)57(78)49(36-66)87-60(42)84-30-14-11-22-45(69)18-7-5-9-20-47(71)25-33-81-39-63(4,40-82-34-26-48(72)21-10-6-8-19-46(70)23-12-15-31-85-61-43(2)55(76)58(79)50(37-67)88-61)41-83-35-27-53(74)65-29-17-28-64-52(73)24-13-16-32-86-62-44(3)56(77)59(80)51(38-68)89-62/h42-44,49-51,54-62,66-68,75-80H,5-41H2,1-4H3,(H,64,73)(H,65,74). The first-order valence-electron chi connectivity index (χ1n) is 32.7. The molecular formula is C63H112N2O24. The molecule has 518 valence electrons. The van der Waals surface area contributed by atoms with Crippen LogP contribution < -0.4 is 10.6 Å². The first kappa shape index (κ1) is 80.1. The van der Waals surface area contributed by atoms with Crippen LogP contribution in [0.15, 0.2) is 0 Å². The molecule has 3 fully saturated rings. The van der Waals surface area contributed by atoms with E-state index in [2.05, 4.69) is 10.6 Å². The molecule has 11 N–H and O–H groups in total. The van der Waals surface area contributed by atoms with Gasteiger partial charge in [-0.3, -0.25) is 28.8 Å². The van der Waals surface area contributed by atoms with Crippen molar-refractivity contribution in [1.82, 2.24) is 10.6 Å². The van der Waals surface area contributed by atoms with E-state index in [-0.39, 0.29) is 107 Å². The normalized spacial score (nSPS) is 27.9. The van der Waals surface area contributed by atoms with Crippen LogP contribution in [-0.2, 0) is 71.4 Å². The number of aliphatic hydroxyl groups is 9. The van der Waals surface area contributed by atoms with Crippen molar-refractivity contribution in [3.8, 4) is 0 Å². The zero-order valence-electron chi connectivity index (χ0n) is 53.5.